The van der Waals surface area contributed by atoms with Crippen LogP contribution < -0.4 is 9.62 Å². The molecule has 0 aliphatic carbocycles. The first kappa shape index (κ1) is 19.7. The van der Waals surface area contributed by atoms with E-state index < -0.39 is 10.0 Å². The number of carbonyl (C=O) groups is 1. The summed E-state index contributed by atoms with van der Waals surface area (Å²) in [6.07, 6.45) is 1.60. The summed E-state index contributed by atoms with van der Waals surface area (Å²) in [5.41, 5.74) is 1.68. The number of hydrogen-bond acceptors (Lipinski definition) is 4. The quantitative estimate of drug-likeness (QED) is 0.666. The molecule has 0 saturated heterocycles. The van der Waals surface area contributed by atoms with Gasteiger partial charge >= 0.3 is 0 Å². The second-order valence-electron chi connectivity index (χ2n) is 6.06. The number of carbonyl (C=O) groups excluding carboxylic acids is 1. The number of para-hydroxylation sites is 1. The Kier molecular flexibility index (Phi) is 6.18. The molecule has 1 heterocycles. The predicted octanol–water partition coefficient (Wildman–Crippen LogP) is 3.23. The number of nitrogens with zero attached hydrogens (tertiary/aromatic N) is 2. The molecule has 0 aliphatic heterocycles. The zero-order valence-electron chi connectivity index (χ0n) is 15.4. The van der Waals surface area contributed by atoms with Gasteiger partial charge < -0.3 is 4.90 Å². The van der Waals surface area contributed by atoms with E-state index >= 15 is 0 Å². The molecule has 0 bridgehead atoms. The molecule has 0 aliphatic rings. The van der Waals surface area contributed by atoms with Crippen LogP contribution in [0.4, 0.5) is 5.69 Å². The highest BCUT2D eigenvalue weighted by Crippen LogP contribution is 2.19. The summed E-state index contributed by atoms with van der Waals surface area (Å²) in [5, 5.41) is 0. The van der Waals surface area contributed by atoms with Gasteiger partial charge in [-0.25, -0.2) is 13.1 Å². The third-order valence-electron chi connectivity index (χ3n) is 4.19. The van der Waals surface area contributed by atoms with Crippen LogP contribution in [0, 0.1) is 0 Å². The van der Waals surface area contributed by atoms with Gasteiger partial charge in [0.05, 0.1) is 17.1 Å². The summed E-state index contributed by atoms with van der Waals surface area (Å²) in [7, 11) is -3.77. The van der Waals surface area contributed by atoms with Crippen LogP contribution in [0.2, 0.25) is 0 Å². The van der Waals surface area contributed by atoms with E-state index in [1.54, 1.807) is 41.4 Å². The van der Waals surface area contributed by atoms with E-state index in [1.165, 1.54) is 12.1 Å². The van der Waals surface area contributed by atoms with Gasteiger partial charge in [0.1, 0.15) is 0 Å². The summed E-state index contributed by atoms with van der Waals surface area (Å²) >= 11 is 0. The van der Waals surface area contributed by atoms with Crippen molar-refractivity contribution < 1.29 is 13.2 Å². The lowest BCUT2D eigenvalue weighted by atomic mass is 10.2. The monoisotopic (exact) mass is 395 g/mol. The molecule has 2 aromatic carbocycles. The summed E-state index contributed by atoms with van der Waals surface area (Å²) in [6, 6.07) is 20.6. The number of pyridine rings is 1. The highest BCUT2D eigenvalue weighted by atomic mass is 32.2. The zero-order valence-corrected chi connectivity index (χ0v) is 16.3. The molecule has 28 heavy (non-hydrogen) atoms. The summed E-state index contributed by atoms with van der Waals surface area (Å²) in [6.45, 7) is 2.42. The molecule has 0 atom stereocenters. The first-order chi connectivity index (χ1) is 13.5. The third-order valence-corrected chi connectivity index (χ3v) is 5.59. The van der Waals surface area contributed by atoms with Crippen molar-refractivity contribution in [3.05, 3.63) is 90.3 Å². The number of sulfonamides is 1. The van der Waals surface area contributed by atoms with Crippen molar-refractivity contribution >= 4 is 21.6 Å². The fraction of sp³-hybridized carbons (Fsp3) is 0.143. The maximum atomic E-state index is 12.9. The summed E-state index contributed by atoms with van der Waals surface area (Å²) < 4.78 is 27.8. The van der Waals surface area contributed by atoms with Crippen LogP contribution in [0.25, 0.3) is 0 Å². The van der Waals surface area contributed by atoms with Crippen LogP contribution in [-0.2, 0) is 16.6 Å². The Morgan fingerprint density at radius 2 is 1.75 bits per heavy atom. The van der Waals surface area contributed by atoms with Crippen LogP contribution in [-0.4, -0.2) is 25.9 Å². The molecule has 0 saturated carbocycles. The minimum Gasteiger partial charge on any atom is -0.309 e. The average molecular weight is 395 g/mol. The van der Waals surface area contributed by atoms with Crippen molar-refractivity contribution in [2.75, 3.05) is 11.4 Å². The van der Waals surface area contributed by atoms with Gasteiger partial charge in [-0.15, -0.1) is 0 Å². The largest absolute Gasteiger partial charge is 0.309 e. The van der Waals surface area contributed by atoms with Gasteiger partial charge in [-0.05, 0) is 49.4 Å². The van der Waals surface area contributed by atoms with Gasteiger partial charge in [0, 0.05) is 24.0 Å². The van der Waals surface area contributed by atoms with E-state index in [2.05, 4.69) is 9.71 Å². The molecule has 144 valence electrons. The number of benzene rings is 2. The third kappa shape index (κ3) is 4.62. The van der Waals surface area contributed by atoms with Crippen LogP contribution in [0.5, 0.6) is 0 Å². The first-order valence-corrected chi connectivity index (χ1v) is 10.4. The molecule has 6 nitrogen and oxygen atoms in total. The van der Waals surface area contributed by atoms with E-state index in [0.717, 1.165) is 5.69 Å². The first-order valence-electron chi connectivity index (χ1n) is 8.88. The number of aromatic nitrogens is 1. The summed E-state index contributed by atoms with van der Waals surface area (Å²) in [4.78, 5) is 18.7. The number of amides is 1. The fourth-order valence-corrected chi connectivity index (χ4v) is 3.80. The second kappa shape index (κ2) is 8.77. The van der Waals surface area contributed by atoms with E-state index in [0.29, 0.717) is 17.8 Å². The van der Waals surface area contributed by atoms with Crippen LogP contribution in [0.15, 0.2) is 83.9 Å². The topological polar surface area (TPSA) is 79.4 Å². The minimum absolute atomic E-state index is 0.0402. The highest BCUT2D eigenvalue weighted by Gasteiger charge is 2.20. The lowest BCUT2D eigenvalue weighted by molar-refractivity contribution is 0.0988. The molecule has 0 radical (unpaired) electrons. The van der Waals surface area contributed by atoms with Gasteiger partial charge in [0.25, 0.3) is 5.91 Å². The normalized spacial score (nSPS) is 11.2. The summed E-state index contributed by atoms with van der Waals surface area (Å²) in [5.74, 6) is -0.254. The Balaban J connectivity index is 1.82. The molecule has 1 aromatic heterocycles. The Hall–Kier alpha value is -3.03. The van der Waals surface area contributed by atoms with Crippen molar-refractivity contribution in [2.24, 2.45) is 0 Å². The number of hydrogen-bond donors (Lipinski definition) is 1. The van der Waals surface area contributed by atoms with Crippen LogP contribution in [0.1, 0.15) is 23.0 Å². The van der Waals surface area contributed by atoms with Crippen molar-refractivity contribution in [1.29, 1.82) is 0 Å². The van der Waals surface area contributed by atoms with E-state index in [9.17, 15) is 13.2 Å². The molecule has 3 aromatic rings. The highest BCUT2D eigenvalue weighted by molar-refractivity contribution is 7.89. The zero-order chi connectivity index (χ0) is 20.0. The molecule has 0 fully saturated rings. The molecule has 1 amide bonds. The Morgan fingerprint density at radius 1 is 1.00 bits per heavy atom. The maximum Gasteiger partial charge on any atom is 0.258 e. The van der Waals surface area contributed by atoms with Crippen molar-refractivity contribution in [3.63, 3.8) is 0 Å². The molecular weight excluding hydrogens is 374 g/mol. The van der Waals surface area contributed by atoms with E-state index in [1.807, 2.05) is 37.3 Å². The van der Waals surface area contributed by atoms with Crippen molar-refractivity contribution in [3.8, 4) is 0 Å². The van der Waals surface area contributed by atoms with E-state index in [4.69, 9.17) is 0 Å². The van der Waals surface area contributed by atoms with Gasteiger partial charge in [-0.1, -0.05) is 30.3 Å². The minimum atomic E-state index is -3.77. The molecular formula is C21H21N3O3S. The van der Waals surface area contributed by atoms with Crippen LogP contribution >= 0.6 is 0 Å². The second-order valence-corrected chi connectivity index (χ2v) is 7.83. The predicted molar refractivity (Wildman–Crippen MR) is 108 cm³/mol. The van der Waals surface area contributed by atoms with E-state index in [-0.39, 0.29) is 17.3 Å². The van der Waals surface area contributed by atoms with Gasteiger partial charge in [-0.2, -0.15) is 0 Å². The molecule has 1 N–H and O–H groups in total. The molecule has 0 spiro atoms. The SMILES string of the molecule is CCN(C(=O)c1cccc(S(=O)(=O)NCc2ccccn2)c1)c1ccccc1. The Bertz CT molecular complexity index is 1040. The molecule has 3 rings (SSSR count). The number of nitrogens with one attached hydrogen (secondary N) is 1. The lowest BCUT2D eigenvalue weighted by Gasteiger charge is -2.21. The van der Waals surface area contributed by atoms with Gasteiger partial charge in [-0.3, -0.25) is 9.78 Å². The smallest absolute Gasteiger partial charge is 0.258 e. The molecule has 0 unspecified atom stereocenters. The number of rotatable bonds is 7. The average Bonchev–Trinajstić information content (AvgIpc) is 2.74. The lowest BCUT2D eigenvalue weighted by Crippen LogP contribution is -2.31. The maximum absolute atomic E-state index is 12.9. The fourth-order valence-electron chi connectivity index (χ4n) is 2.76. The molecule has 7 heteroatoms. The number of anilines is 1. The standard InChI is InChI=1S/C21H21N3O3S/c1-2-24(19-11-4-3-5-12-19)21(25)17-9-8-13-20(15-17)28(26,27)23-16-18-10-6-7-14-22-18/h3-15,23H,2,16H2,1H3. The van der Waals surface area contributed by atoms with Crippen molar-refractivity contribution in [1.82, 2.24) is 9.71 Å². The van der Waals surface area contributed by atoms with Crippen LogP contribution in [0.3, 0.4) is 0 Å². The van der Waals surface area contributed by atoms with Crippen molar-refractivity contribution in [2.45, 2.75) is 18.4 Å². The van der Waals surface area contributed by atoms with Gasteiger partial charge in [0.15, 0.2) is 0 Å². The Labute approximate surface area is 164 Å². The van der Waals surface area contributed by atoms with Gasteiger partial charge in [0.2, 0.25) is 10.0 Å². The Morgan fingerprint density at radius 3 is 2.43 bits per heavy atom.